The molecule has 0 atom stereocenters. The molecule has 0 radical (unpaired) electrons. The van der Waals surface area contributed by atoms with Crippen LogP contribution < -0.4 is 0 Å². The quantitative estimate of drug-likeness (QED) is 0.661. The van der Waals surface area contributed by atoms with Gasteiger partial charge in [0.15, 0.2) is 0 Å². The summed E-state index contributed by atoms with van der Waals surface area (Å²) in [6.07, 6.45) is 1.11. The summed E-state index contributed by atoms with van der Waals surface area (Å²) >= 11 is 6.19. The molecule has 0 aliphatic carbocycles. The molecule has 0 aliphatic rings. The summed E-state index contributed by atoms with van der Waals surface area (Å²) in [4.78, 5) is 0. The minimum absolute atomic E-state index is 0.185. The topological polar surface area (TPSA) is 0 Å². The second-order valence-corrected chi connectivity index (χ2v) is 4.63. The molecule has 0 aliphatic heterocycles. The lowest BCUT2D eigenvalue weighted by molar-refractivity contribution is 0.506. The van der Waals surface area contributed by atoms with Crippen molar-refractivity contribution < 1.29 is 0 Å². The average molecular weight is 197 g/mol. The molecule has 0 unspecified atom stereocenters. The van der Waals surface area contributed by atoms with Crippen molar-refractivity contribution in [3.8, 4) is 0 Å². The third kappa shape index (κ3) is 2.25. The van der Waals surface area contributed by atoms with Gasteiger partial charge in [-0.3, -0.25) is 0 Å². The molecule has 0 nitrogen and oxygen atoms in total. The molecule has 72 valence electrons. The predicted molar refractivity (Wildman–Crippen MR) is 59.5 cm³/mol. The van der Waals surface area contributed by atoms with E-state index in [4.69, 9.17) is 11.6 Å². The van der Waals surface area contributed by atoms with Crippen molar-refractivity contribution in [3.05, 3.63) is 34.3 Å². The van der Waals surface area contributed by atoms with Crippen molar-refractivity contribution in [1.82, 2.24) is 0 Å². The molecule has 1 aromatic carbocycles. The van der Waals surface area contributed by atoms with E-state index in [9.17, 15) is 0 Å². The molecule has 0 fully saturated rings. The predicted octanol–water partition coefficient (Wildman–Crippen LogP) is 4.34. The van der Waals surface area contributed by atoms with Crippen LogP contribution in [0.5, 0.6) is 0 Å². The van der Waals surface area contributed by atoms with Gasteiger partial charge in [0.1, 0.15) is 0 Å². The van der Waals surface area contributed by atoms with Gasteiger partial charge in [-0.05, 0) is 36.0 Å². The fourth-order valence-electron chi connectivity index (χ4n) is 1.36. The lowest BCUT2D eigenvalue weighted by Gasteiger charge is -2.24. The molecule has 0 amide bonds. The first-order valence-corrected chi connectivity index (χ1v) is 5.12. The Morgan fingerprint density at radius 1 is 1.31 bits per heavy atom. The Balaban J connectivity index is 3.16. The third-order valence-corrected chi connectivity index (χ3v) is 3.05. The van der Waals surface area contributed by atoms with Crippen LogP contribution in [0.1, 0.15) is 38.3 Å². The lowest BCUT2D eigenvalue weighted by Crippen LogP contribution is -2.15. The van der Waals surface area contributed by atoms with Crippen molar-refractivity contribution >= 4 is 11.6 Å². The van der Waals surface area contributed by atoms with Gasteiger partial charge < -0.3 is 0 Å². The van der Waals surface area contributed by atoms with Crippen LogP contribution in [0.15, 0.2) is 18.2 Å². The van der Waals surface area contributed by atoms with Crippen molar-refractivity contribution in [2.24, 2.45) is 0 Å². The Hall–Kier alpha value is -0.490. The van der Waals surface area contributed by atoms with E-state index >= 15 is 0 Å². The smallest absolute Gasteiger partial charge is 0.0446 e. The number of rotatable bonds is 2. The van der Waals surface area contributed by atoms with Crippen LogP contribution >= 0.6 is 11.6 Å². The van der Waals surface area contributed by atoms with Gasteiger partial charge in [-0.25, -0.2) is 0 Å². The first-order chi connectivity index (χ1) is 5.97. The van der Waals surface area contributed by atoms with E-state index in [0.717, 1.165) is 11.4 Å². The Labute approximate surface area is 85.9 Å². The summed E-state index contributed by atoms with van der Waals surface area (Å²) in [7, 11) is 0. The van der Waals surface area contributed by atoms with Gasteiger partial charge in [-0.15, -0.1) is 0 Å². The molecule has 0 saturated heterocycles. The Bertz CT molecular complexity index is 300. The highest BCUT2D eigenvalue weighted by Crippen LogP contribution is 2.32. The summed E-state index contributed by atoms with van der Waals surface area (Å²) in [5.74, 6) is 0. The first-order valence-electron chi connectivity index (χ1n) is 4.74. The van der Waals surface area contributed by atoms with E-state index in [1.165, 1.54) is 11.1 Å². The van der Waals surface area contributed by atoms with E-state index < -0.39 is 0 Å². The highest BCUT2D eigenvalue weighted by molar-refractivity contribution is 6.31. The second kappa shape index (κ2) is 3.71. The molecule has 13 heavy (non-hydrogen) atoms. The highest BCUT2D eigenvalue weighted by atomic mass is 35.5. The first kappa shape index (κ1) is 10.6. The standard InChI is InChI=1S/C12H17Cl/c1-5-12(3,4)10-7-6-9(2)8-11(10)13/h6-8H,5H2,1-4H3. The molecule has 1 rings (SSSR count). The number of halogens is 1. The zero-order valence-electron chi connectivity index (χ0n) is 8.82. The number of aryl methyl sites for hydroxylation is 1. The maximum absolute atomic E-state index is 6.19. The summed E-state index contributed by atoms with van der Waals surface area (Å²) in [5.41, 5.74) is 2.66. The van der Waals surface area contributed by atoms with Crippen LogP contribution in [0.4, 0.5) is 0 Å². The molecular formula is C12H17Cl. The molecule has 0 aromatic heterocycles. The van der Waals surface area contributed by atoms with E-state index in [0.29, 0.717) is 0 Å². The number of benzene rings is 1. The summed E-state index contributed by atoms with van der Waals surface area (Å²) in [6, 6.07) is 6.30. The van der Waals surface area contributed by atoms with Crippen LogP contribution in [-0.2, 0) is 5.41 Å². The molecule has 1 heteroatoms. The van der Waals surface area contributed by atoms with Gasteiger partial charge in [0.05, 0.1) is 0 Å². The molecule has 0 heterocycles. The van der Waals surface area contributed by atoms with E-state index in [2.05, 4.69) is 39.8 Å². The Morgan fingerprint density at radius 2 is 1.92 bits per heavy atom. The molecule has 1 aromatic rings. The molecule has 0 spiro atoms. The van der Waals surface area contributed by atoms with Crippen LogP contribution in [0.2, 0.25) is 5.02 Å². The minimum Gasteiger partial charge on any atom is -0.0840 e. The fourth-order valence-corrected chi connectivity index (χ4v) is 1.85. The van der Waals surface area contributed by atoms with Crippen LogP contribution in [-0.4, -0.2) is 0 Å². The third-order valence-electron chi connectivity index (χ3n) is 2.74. The van der Waals surface area contributed by atoms with Gasteiger partial charge >= 0.3 is 0 Å². The van der Waals surface area contributed by atoms with Crippen molar-refractivity contribution in [2.45, 2.75) is 39.5 Å². The number of hydrogen-bond donors (Lipinski definition) is 0. The minimum atomic E-state index is 0.185. The van der Waals surface area contributed by atoms with Gasteiger partial charge in [0.25, 0.3) is 0 Å². The van der Waals surface area contributed by atoms with Gasteiger partial charge in [-0.2, -0.15) is 0 Å². The normalized spacial score (nSPS) is 11.8. The number of hydrogen-bond acceptors (Lipinski definition) is 0. The SMILES string of the molecule is CCC(C)(C)c1ccc(C)cc1Cl. The maximum Gasteiger partial charge on any atom is 0.0446 e. The maximum atomic E-state index is 6.19. The van der Waals surface area contributed by atoms with E-state index in [1.807, 2.05) is 6.07 Å². The van der Waals surface area contributed by atoms with Gasteiger partial charge in [0.2, 0.25) is 0 Å². The van der Waals surface area contributed by atoms with E-state index in [-0.39, 0.29) is 5.41 Å². The zero-order valence-corrected chi connectivity index (χ0v) is 9.57. The monoisotopic (exact) mass is 196 g/mol. The Morgan fingerprint density at radius 3 is 2.38 bits per heavy atom. The van der Waals surface area contributed by atoms with Crippen molar-refractivity contribution in [3.63, 3.8) is 0 Å². The molecule has 0 bridgehead atoms. The second-order valence-electron chi connectivity index (χ2n) is 4.22. The van der Waals surface area contributed by atoms with Crippen molar-refractivity contribution in [2.75, 3.05) is 0 Å². The zero-order chi connectivity index (χ0) is 10.1. The largest absolute Gasteiger partial charge is 0.0840 e. The summed E-state index contributed by atoms with van der Waals surface area (Å²) in [6.45, 7) is 8.71. The lowest BCUT2D eigenvalue weighted by atomic mass is 9.82. The molecular weight excluding hydrogens is 180 g/mol. The molecule has 0 N–H and O–H groups in total. The fraction of sp³-hybridized carbons (Fsp3) is 0.500. The van der Waals surface area contributed by atoms with Crippen molar-refractivity contribution in [1.29, 1.82) is 0 Å². The van der Waals surface area contributed by atoms with Crippen LogP contribution in [0, 0.1) is 6.92 Å². The summed E-state index contributed by atoms with van der Waals surface area (Å²) in [5, 5.41) is 0.895. The Kier molecular flexibility index (Phi) is 3.02. The van der Waals surface area contributed by atoms with Gasteiger partial charge in [0, 0.05) is 5.02 Å². The van der Waals surface area contributed by atoms with Crippen LogP contribution in [0.25, 0.3) is 0 Å². The van der Waals surface area contributed by atoms with E-state index in [1.54, 1.807) is 0 Å². The highest BCUT2D eigenvalue weighted by Gasteiger charge is 2.20. The van der Waals surface area contributed by atoms with Gasteiger partial charge in [-0.1, -0.05) is 44.5 Å². The van der Waals surface area contributed by atoms with Crippen LogP contribution in [0.3, 0.4) is 0 Å². The average Bonchev–Trinajstić information content (AvgIpc) is 2.03. The molecule has 0 saturated carbocycles. The summed E-state index contributed by atoms with van der Waals surface area (Å²) < 4.78 is 0.